The van der Waals surface area contributed by atoms with Crippen LogP contribution in [0.25, 0.3) is 15.2 Å². The molecule has 0 radical (unpaired) electrons. The lowest BCUT2D eigenvalue weighted by atomic mass is 9.99. The van der Waals surface area contributed by atoms with Gasteiger partial charge in [-0.3, -0.25) is 4.40 Å². The number of rotatable bonds is 2. The summed E-state index contributed by atoms with van der Waals surface area (Å²) < 4.78 is 3.35. The highest BCUT2D eigenvalue weighted by Gasteiger charge is 2.14. The summed E-state index contributed by atoms with van der Waals surface area (Å²) >= 11 is 1.69. The molecule has 3 aromatic rings. The molecule has 2 heterocycles. The van der Waals surface area contributed by atoms with Gasteiger partial charge in [-0.2, -0.15) is 0 Å². The van der Waals surface area contributed by atoms with Gasteiger partial charge in [0.05, 0.1) is 21.5 Å². The van der Waals surface area contributed by atoms with Gasteiger partial charge >= 0.3 is 0 Å². The van der Waals surface area contributed by atoms with Crippen molar-refractivity contribution in [2.75, 3.05) is 0 Å². The first kappa shape index (κ1) is 11.7. The van der Waals surface area contributed by atoms with E-state index in [0.29, 0.717) is 6.42 Å². The number of fused-ring (bicyclic) bond motifs is 3. The number of imidazole rings is 1. The molecule has 3 nitrogen and oxygen atoms in total. The third kappa shape index (κ3) is 2.02. The van der Waals surface area contributed by atoms with Crippen molar-refractivity contribution in [2.24, 2.45) is 0 Å². The highest BCUT2D eigenvalue weighted by atomic mass is 32.1. The number of hydrogen-bond acceptors (Lipinski definition) is 3. The molecule has 0 aliphatic carbocycles. The number of hydrogen-bond donors (Lipinski definition) is 1. The summed E-state index contributed by atoms with van der Waals surface area (Å²) in [7, 11) is 0. The van der Waals surface area contributed by atoms with Crippen LogP contribution < -0.4 is 0 Å². The van der Waals surface area contributed by atoms with Crippen LogP contribution in [0.5, 0.6) is 0 Å². The lowest BCUT2D eigenvalue weighted by Crippen LogP contribution is -2.21. The molecule has 0 aliphatic heterocycles. The largest absolute Gasteiger partial charge is 0.390 e. The van der Waals surface area contributed by atoms with Gasteiger partial charge < -0.3 is 5.11 Å². The number of aromatic nitrogens is 2. The Hall–Kier alpha value is -1.39. The molecule has 0 saturated carbocycles. The zero-order valence-electron chi connectivity index (χ0n) is 10.8. The number of thiazole rings is 1. The van der Waals surface area contributed by atoms with Crippen LogP contribution in [0, 0.1) is 6.92 Å². The quantitative estimate of drug-likeness (QED) is 0.768. The van der Waals surface area contributed by atoms with Gasteiger partial charge in [0.2, 0.25) is 0 Å². The van der Waals surface area contributed by atoms with Crippen molar-refractivity contribution in [1.82, 2.24) is 9.38 Å². The number of aryl methyl sites for hydroxylation is 1. The molecule has 0 bridgehead atoms. The molecule has 0 spiro atoms. The molecule has 0 unspecified atom stereocenters. The van der Waals surface area contributed by atoms with E-state index in [1.54, 1.807) is 11.3 Å². The summed E-state index contributed by atoms with van der Waals surface area (Å²) in [4.78, 5) is 5.52. The van der Waals surface area contributed by atoms with E-state index in [2.05, 4.69) is 33.8 Å². The van der Waals surface area contributed by atoms with Crippen LogP contribution in [-0.4, -0.2) is 20.1 Å². The Balaban J connectivity index is 2.12. The van der Waals surface area contributed by atoms with Gasteiger partial charge in [-0.25, -0.2) is 4.98 Å². The predicted octanol–water partition coefficient (Wildman–Crippen LogP) is 3.17. The molecule has 4 heteroatoms. The summed E-state index contributed by atoms with van der Waals surface area (Å²) in [6.07, 6.45) is 2.73. The van der Waals surface area contributed by atoms with Gasteiger partial charge in [-0.1, -0.05) is 17.4 Å². The predicted molar refractivity (Wildman–Crippen MR) is 75.3 cm³/mol. The topological polar surface area (TPSA) is 37.5 Å². The van der Waals surface area contributed by atoms with Crippen molar-refractivity contribution in [2.45, 2.75) is 32.8 Å². The highest BCUT2D eigenvalue weighted by Crippen LogP contribution is 2.28. The minimum Gasteiger partial charge on any atom is -0.390 e. The van der Waals surface area contributed by atoms with Crippen LogP contribution in [0.3, 0.4) is 0 Å². The van der Waals surface area contributed by atoms with Crippen molar-refractivity contribution in [1.29, 1.82) is 0 Å². The molecule has 1 N–H and O–H groups in total. The molecule has 0 saturated heterocycles. The molecule has 3 rings (SSSR count). The Labute approximate surface area is 110 Å². The lowest BCUT2D eigenvalue weighted by molar-refractivity contribution is 0.0810. The Kier molecular flexibility index (Phi) is 2.47. The van der Waals surface area contributed by atoms with Crippen LogP contribution >= 0.6 is 11.3 Å². The van der Waals surface area contributed by atoms with E-state index < -0.39 is 5.60 Å². The zero-order valence-corrected chi connectivity index (χ0v) is 11.6. The summed E-state index contributed by atoms with van der Waals surface area (Å²) in [5.74, 6) is 0. The van der Waals surface area contributed by atoms with Gasteiger partial charge in [-0.05, 0) is 38.5 Å². The van der Waals surface area contributed by atoms with Gasteiger partial charge in [-0.15, -0.1) is 0 Å². The maximum absolute atomic E-state index is 9.87. The van der Waals surface area contributed by atoms with Crippen LogP contribution in [0.15, 0.2) is 24.4 Å². The monoisotopic (exact) mass is 260 g/mol. The molecular weight excluding hydrogens is 244 g/mol. The number of nitrogens with zero attached hydrogens (tertiary/aromatic N) is 2. The molecule has 94 valence electrons. The first-order chi connectivity index (χ1) is 8.42. The van der Waals surface area contributed by atoms with Crippen LogP contribution in [0.4, 0.5) is 0 Å². The van der Waals surface area contributed by atoms with Crippen LogP contribution in [0.2, 0.25) is 0 Å². The highest BCUT2D eigenvalue weighted by molar-refractivity contribution is 7.23. The van der Waals surface area contributed by atoms with E-state index >= 15 is 0 Å². The summed E-state index contributed by atoms with van der Waals surface area (Å²) in [5, 5.41) is 9.87. The van der Waals surface area contributed by atoms with E-state index in [9.17, 15) is 5.11 Å². The van der Waals surface area contributed by atoms with Crippen molar-refractivity contribution in [3.8, 4) is 0 Å². The molecule has 2 aromatic heterocycles. The Morgan fingerprint density at radius 1 is 1.39 bits per heavy atom. The van der Waals surface area contributed by atoms with E-state index in [1.807, 2.05) is 20.8 Å². The first-order valence-electron chi connectivity index (χ1n) is 6.02. The molecule has 18 heavy (non-hydrogen) atoms. The van der Waals surface area contributed by atoms with Crippen molar-refractivity contribution in [3.63, 3.8) is 0 Å². The third-order valence-electron chi connectivity index (χ3n) is 2.92. The standard InChI is InChI=1S/C14H16N2OS/c1-9-8-16-11-5-4-10(7-14(2,3)17)6-12(11)18-13(16)15-9/h4-6,8,17H,7H2,1-3H3. The molecule has 0 aliphatic rings. The smallest absolute Gasteiger partial charge is 0.194 e. The molecule has 0 amide bonds. The summed E-state index contributed by atoms with van der Waals surface area (Å²) in [6, 6.07) is 6.35. The summed E-state index contributed by atoms with van der Waals surface area (Å²) in [6.45, 7) is 5.68. The Morgan fingerprint density at radius 3 is 2.89 bits per heavy atom. The normalized spacial score (nSPS) is 12.7. The fraction of sp³-hybridized carbons (Fsp3) is 0.357. The Morgan fingerprint density at radius 2 is 2.17 bits per heavy atom. The van der Waals surface area contributed by atoms with Crippen molar-refractivity contribution < 1.29 is 5.11 Å². The Bertz CT molecular complexity index is 718. The summed E-state index contributed by atoms with van der Waals surface area (Å²) in [5.41, 5.74) is 2.73. The third-order valence-corrected chi connectivity index (χ3v) is 3.93. The van der Waals surface area contributed by atoms with Crippen LogP contribution in [-0.2, 0) is 6.42 Å². The van der Waals surface area contributed by atoms with E-state index in [4.69, 9.17) is 0 Å². The SMILES string of the molecule is Cc1cn2c(n1)sc1cc(CC(C)(C)O)ccc12. The number of aliphatic hydroxyl groups is 1. The number of benzene rings is 1. The minimum absolute atomic E-state index is 0.665. The van der Waals surface area contributed by atoms with Gasteiger partial charge in [0.1, 0.15) is 0 Å². The average Bonchev–Trinajstić information content (AvgIpc) is 2.70. The van der Waals surface area contributed by atoms with Gasteiger partial charge in [0, 0.05) is 12.6 Å². The van der Waals surface area contributed by atoms with Crippen molar-refractivity contribution in [3.05, 3.63) is 35.7 Å². The molecule has 0 atom stereocenters. The molecule has 1 aromatic carbocycles. The second-order valence-electron chi connectivity index (χ2n) is 5.43. The second kappa shape index (κ2) is 3.80. The van der Waals surface area contributed by atoms with Gasteiger partial charge in [0.25, 0.3) is 0 Å². The fourth-order valence-corrected chi connectivity index (χ4v) is 3.38. The van der Waals surface area contributed by atoms with E-state index in [-0.39, 0.29) is 0 Å². The second-order valence-corrected chi connectivity index (χ2v) is 6.44. The zero-order chi connectivity index (χ0) is 12.9. The maximum Gasteiger partial charge on any atom is 0.194 e. The minimum atomic E-state index is -0.665. The van der Waals surface area contributed by atoms with Gasteiger partial charge in [0.15, 0.2) is 4.96 Å². The van der Waals surface area contributed by atoms with Crippen LogP contribution in [0.1, 0.15) is 25.1 Å². The lowest BCUT2D eigenvalue weighted by Gasteiger charge is -2.16. The fourth-order valence-electron chi connectivity index (χ4n) is 2.27. The average molecular weight is 260 g/mol. The molecular formula is C14H16N2OS. The van der Waals surface area contributed by atoms with Crippen molar-refractivity contribution >= 4 is 26.5 Å². The maximum atomic E-state index is 9.87. The molecule has 0 fully saturated rings. The van der Waals surface area contributed by atoms with E-state index in [1.165, 1.54) is 10.2 Å². The first-order valence-corrected chi connectivity index (χ1v) is 6.83. The van der Waals surface area contributed by atoms with E-state index in [0.717, 1.165) is 16.2 Å².